The highest BCUT2D eigenvalue weighted by Gasteiger charge is 2.52. The summed E-state index contributed by atoms with van der Waals surface area (Å²) in [5.41, 5.74) is 6.51. The number of carboxylic acid groups (broad SMARTS) is 1. The molecule has 0 aromatic heterocycles. The summed E-state index contributed by atoms with van der Waals surface area (Å²) in [5.74, 6) is -1.49. The minimum Gasteiger partial charge on any atom is -0.477 e. The number of β-lactam (4-membered cyclic amide) rings is 1. The fourth-order valence-electron chi connectivity index (χ4n) is 2.66. The van der Waals surface area contributed by atoms with Crippen LogP contribution in [0.3, 0.4) is 0 Å². The van der Waals surface area contributed by atoms with E-state index in [-0.39, 0.29) is 11.7 Å². The summed E-state index contributed by atoms with van der Waals surface area (Å²) in [4.78, 5) is 36.7. The Hall–Kier alpha value is -2.32. The molecule has 4 N–H and O–H groups in total. The molecule has 3 atom stereocenters. The third-order valence-electron chi connectivity index (χ3n) is 3.90. The van der Waals surface area contributed by atoms with Crippen LogP contribution in [0.2, 0.25) is 0 Å². The first-order valence-corrected chi connectivity index (χ1v) is 8.04. The van der Waals surface area contributed by atoms with Gasteiger partial charge in [0.1, 0.15) is 17.8 Å². The van der Waals surface area contributed by atoms with Crippen LogP contribution in [-0.4, -0.2) is 45.6 Å². The number of nitrogens with one attached hydrogen (secondary N) is 1. The normalized spacial score (nSPS) is 24.1. The van der Waals surface area contributed by atoms with E-state index < -0.39 is 29.9 Å². The zero-order valence-corrected chi connectivity index (χ0v) is 12.8. The van der Waals surface area contributed by atoms with Crippen molar-refractivity contribution in [2.45, 2.75) is 18.1 Å². The maximum atomic E-state index is 12.2. The molecule has 120 valence electrons. The van der Waals surface area contributed by atoms with Crippen molar-refractivity contribution in [2.75, 3.05) is 5.75 Å². The van der Waals surface area contributed by atoms with Gasteiger partial charge in [-0.25, -0.2) is 4.79 Å². The van der Waals surface area contributed by atoms with E-state index in [2.05, 4.69) is 5.32 Å². The highest BCUT2D eigenvalue weighted by molar-refractivity contribution is 8.02. The molecule has 3 rings (SSSR count). The number of carbonyl (C=O) groups is 3. The molecular weight excluding hydrogens is 318 g/mol. The maximum absolute atomic E-state index is 12.2. The summed E-state index contributed by atoms with van der Waals surface area (Å²) >= 11 is 1.31. The zero-order chi connectivity index (χ0) is 16.6. The van der Waals surface area contributed by atoms with Gasteiger partial charge < -0.3 is 16.2 Å². The number of carboxylic acids is 1. The molecule has 1 fully saturated rings. The monoisotopic (exact) mass is 333 g/mol. The minimum absolute atomic E-state index is 0.0471. The first-order chi connectivity index (χ1) is 11.0. The molecule has 0 aliphatic carbocycles. The van der Waals surface area contributed by atoms with E-state index in [9.17, 15) is 14.4 Å². The molecule has 1 aromatic rings. The molecule has 2 aliphatic heterocycles. The lowest BCUT2D eigenvalue weighted by molar-refractivity contribution is -0.153. The first-order valence-electron chi connectivity index (χ1n) is 6.99. The number of fused-ring (bicyclic) bond motifs is 1. The summed E-state index contributed by atoms with van der Waals surface area (Å²) < 4.78 is 0. The summed E-state index contributed by atoms with van der Waals surface area (Å²) in [6.07, 6.45) is 0. The Morgan fingerprint density at radius 3 is 2.70 bits per heavy atom. The molecule has 1 saturated heterocycles. The summed E-state index contributed by atoms with van der Waals surface area (Å²) in [6, 6.07) is 6.90. The van der Waals surface area contributed by atoms with Crippen LogP contribution in [0.4, 0.5) is 0 Å². The average Bonchev–Trinajstić information content (AvgIpc) is 2.58. The van der Waals surface area contributed by atoms with E-state index in [1.165, 1.54) is 22.1 Å². The van der Waals surface area contributed by atoms with Crippen LogP contribution >= 0.6 is 11.8 Å². The lowest BCUT2D eigenvalue weighted by Crippen LogP contribution is -2.72. The van der Waals surface area contributed by atoms with Crippen LogP contribution in [0.25, 0.3) is 0 Å². The number of benzene rings is 1. The van der Waals surface area contributed by atoms with Gasteiger partial charge in [0.05, 0.1) is 6.04 Å². The van der Waals surface area contributed by atoms with Gasteiger partial charge in [-0.15, -0.1) is 11.8 Å². The van der Waals surface area contributed by atoms with Gasteiger partial charge in [-0.05, 0) is 5.56 Å². The number of rotatable bonds is 4. The fourth-order valence-corrected chi connectivity index (χ4v) is 3.67. The predicted molar refractivity (Wildman–Crippen MR) is 84.1 cm³/mol. The Balaban J connectivity index is 1.68. The van der Waals surface area contributed by atoms with Gasteiger partial charge in [0, 0.05) is 11.2 Å². The molecule has 1 unspecified atom stereocenters. The standard InChI is InChI=1S/C15H15N3O4S/c16-11(8-4-2-1-3-5-8)13(19)17-12-9-6-23-7-10(15(21)22)18(9)14(12)20/h1-5,7,9,11-12H,6,16H2,(H,17,19)(H,21,22)/t9-,11?,12+/m0/s1. The highest BCUT2D eigenvalue weighted by atomic mass is 32.2. The lowest BCUT2D eigenvalue weighted by atomic mass is 9.94. The Labute approximate surface area is 136 Å². The number of carbonyl (C=O) groups excluding carboxylic acids is 2. The molecule has 7 nitrogen and oxygen atoms in total. The average molecular weight is 333 g/mol. The van der Waals surface area contributed by atoms with Crippen molar-refractivity contribution < 1.29 is 19.5 Å². The molecule has 0 saturated carbocycles. The molecule has 1 aromatic carbocycles. The van der Waals surface area contributed by atoms with E-state index in [0.717, 1.165) is 0 Å². The van der Waals surface area contributed by atoms with Crippen molar-refractivity contribution in [3.8, 4) is 0 Å². The van der Waals surface area contributed by atoms with E-state index in [0.29, 0.717) is 11.3 Å². The maximum Gasteiger partial charge on any atom is 0.353 e. The number of hydrogen-bond acceptors (Lipinski definition) is 5. The van der Waals surface area contributed by atoms with Gasteiger partial charge >= 0.3 is 5.97 Å². The van der Waals surface area contributed by atoms with Gasteiger partial charge in [-0.2, -0.15) is 0 Å². The van der Waals surface area contributed by atoms with Crippen molar-refractivity contribution in [3.05, 3.63) is 47.0 Å². The Morgan fingerprint density at radius 1 is 1.35 bits per heavy atom. The first kappa shape index (κ1) is 15.6. The number of nitrogens with zero attached hydrogens (tertiary/aromatic N) is 1. The molecule has 2 aliphatic rings. The number of amides is 2. The second-order valence-corrected chi connectivity index (χ2v) is 6.19. The molecule has 2 heterocycles. The number of aliphatic carboxylic acids is 1. The quantitative estimate of drug-likeness (QED) is 0.671. The van der Waals surface area contributed by atoms with Gasteiger partial charge in [-0.3, -0.25) is 14.5 Å². The number of nitrogens with two attached hydrogens (primary N) is 1. The molecule has 23 heavy (non-hydrogen) atoms. The lowest BCUT2D eigenvalue weighted by Gasteiger charge is -2.48. The molecular formula is C15H15N3O4S. The third-order valence-corrected chi connectivity index (χ3v) is 4.82. The largest absolute Gasteiger partial charge is 0.477 e. The van der Waals surface area contributed by atoms with Gasteiger partial charge in [0.25, 0.3) is 5.91 Å². The van der Waals surface area contributed by atoms with E-state index in [1.807, 2.05) is 6.07 Å². The van der Waals surface area contributed by atoms with Crippen LogP contribution in [0, 0.1) is 0 Å². The fraction of sp³-hybridized carbons (Fsp3) is 0.267. The third kappa shape index (κ3) is 2.71. The predicted octanol–water partition coefficient (Wildman–Crippen LogP) is 0.0548. The number of hydrogen-bond donors (Lipinski definition) is 3. The van der Waals surface area contributed by atoms with Crippen molar-refractivity contribution in [3.63, 3.8) is 0 Å². The molecule has 8 heteroatoms. The van der Waals surface area contributed by atoms with Crippen molar-refractivity contribution in [2.24, 2.45) is 5.73 Å². The smallest absolute Gasteiger partial charge is 0.353 e. The summed E-state index contributed by atoms with van der Waals surface area (Å²) in [5, 5.41) is 13.2. The van der Waals surface area contributed by atoms with Gasteiger partial charge in [-0.1, -0.05) is 30.3 Å². The second kappa shape index (κ2) is 6.05. The summed E-state index contributed by atoms with van der Waals surface area (Å²) in [7, 11) is 0. The molecule has 0 radical (unpaired) electrons. The van der Waals surface area contributed by atoms with Crippen molar-refractivity contribution in [1.29, 1.82) is 0 Å². The van der Waals surface area contributed by atoms with Crippen LogP contribution in [-0.2, 0) is 14.4 Å². The van der Waals surface area contributed by atoms with Gasteiger partial charge in [0.2, 0.25) is 5.91 Å². The topological polar surface area (TPSA) is 113 Å². The van der Waals surface area contributed by atoms with E-state index in [4.69, 9.17) is 10.8 Å². The van der Waals surface area contributed by atoms with E-state index in [1.54, 1.807) is 24.3 Å². The Morgan fingerprint density at radius 2 is 2.04 bits per heavy atom. The summed E-state index contributed by atoms with van der Waals surface area (Å²) in [6.45, 7) is 0. The van der Waals surface area contributed by atoms with E-state index >= 15 is 0 Å². The molecule has 0 spiro atoms. The second-order valence-electron chi connectivity index (χ2n) is 5.29. The SMILES string of the molecule is NC(C(=O)N[C@H]1C(=O)N2C(C(=O)O)=CSC[C@@H]12)c1ccccc1. The molecule has 0 bridgehead atoms. The zero-order valence-electron chi connectivity index (χ0n) is 12.0. The van der Waals surface area contributed by atoms with Gasteiger partial charge in [0.15, 0.2) is 0 Å². The van der Waals surface area contributed by atoms with Crippen molar-refractivity contribution >= 4 is 29.5 Å². The van der Waals surface area contributed by atoms with Crippen LogP contribution in [0.5, 0.6) is 0 Å². The molecule has 2 amide bonds. The number of thioether (sulfide) groups is 1. The Kier molecular flexibility index (Phi) is 4.10. The highest BCUT2D eigenvalue weighted by Crippen LogP contribution is 2.34. The van der Waals surface area contributed by atoms with Crippen LogP contribution in [0.1, 0.15) is 11.6 Å². The van der Waals surface area contributed by atoms with Crippen molar-refractivity contribution in [1.82, 2.24) is 10.2 Å². The minimum atomic E-state index is -1.15. The van der Waals surface area contributed by atoms with Crippen LogP contribution < -0.4 is 11.1 Å². The Bertz CT molecular complexity index is 691. The van der Waals surface area contributed by atoms with Crippen LogP contribution in [0.15, 0.2) is 41.4 Å².